The summed E-state index contributed by atoms with van der Waals surface area (Å²) in [5.41, 5.74) is 1.47. The molecule has 1 N–H and O–H groups in total. The van der Waals surface area contributed by atoms with E-state index in [1.807, 2.05) is 6.07 Å². The third kappa shape index (κ3) is 1.62. The van der Waals surface area contributed by atoms with E-state index in [1.165, 1.54) is 6.33 Å². The van der Waals surface area contributed by atoms with Gasteiger partial charge in [0.2, 0.25) is 0 Å². The number of pyridine rings is 1. The molecule has 0 saturated carbocycles. The van der Waals surface area contributed by atoms with Crippen LogP contribution in [0.1, 0.15) is 18.7 Å². The Morgan fingerprint density at radius 3 is 2.79 bits per heavy atom. The third-order valence-corrected chi connectivity index (χ3v) is 1.88. The molecule has 0 amide bonds. The van der Waals surface area contributed by atoms with Gasteiger partial charge in [0.05, 0.1) is 23.7 Å². The highest BCUT2D eigenvalue weighted by atomic mass is 16.3. The second-order valence-corrected chi connectivity index (χ2v) is 2.96. The molecule has 0 spiro atoms. The van der Waals surface area contributed by atoms with Crippen LogP contribution in [0.2, 0.25) is 0 Å². The van der Waals surface area contributed by atoms with Gasteiger partial charge in [0, 0.05) is 0 Å². The van der Waals surface area contributed by atoms with Crippen LogP contribution in [-0.2, 0) is 0 Å². The molecule has 0 aliphatic rings. The maximum Gasteiger partial charge on any atom is 0.138 e. The van der Waals surface area contributed by atoms with E-state index in [-0.39, 0.29) is 0 Å². The fourth-order valence-electron chi connectivity index (χ4n) is 1.12. The molecule has 0 saturated heterocycles. The summed E-state index contributed by atoms with van der Waals surface area (Å²) in [6.45, 7) is 1.68. The van der Waals surface area contributed by atoms with E-state index in [0.29, 0.717) is 5.69 Å². The molecule has 5 nitrogen and oxygen atoms in total. The average Bonchev–Trinajstić information content (AvgIpc) is 2.71. The molecule has 0 bridgehead atoms. The van der Waals surface area contributed by atoms with E-state index in [0.717, 1.165) is 5.69 Å². The normalized spacial score (nSPS) is 12.7. The van der Waals surface area contributed by atoms with Gasteiger partial charge in [0.1, 0.15) is 12.7 Å². The van der Waals surface area contributed by atoms with Crippen LogP contribution in [-0.4, -0.2) is 24.9 Å². The minimum atomic E-state index is -0.542. The first-order chi connectivity index (χ1) is 6.77. The van der Waals surface area contributed by atoms with Crippen LogP contribution in [0.15, 0.2) is 31.0 Å². The molecule has 1 atom stereocenters. The summed E-state index contributed by atoms with van der Waals surface area (Å²) in [5.74, 6) is 0. The van der Waals surface area contributed by atoms with E-state index in [4.69, 9.17) is 0 Å². The predicted molar refractivity (Wildman–Crippen MR) is 49.8 cm³/mol. The number of aliphatic hydroxyl groups excluding tert-OH is 1. The maximum absolute atomic E-state index is 9.25. The van der Waals surface area contributed by atoms with E-state index in [2.05, 4.69) is 15.1 Å². The minimum absolute atomic E-state index is 0.542. The fourth-order valence-corrected chi connectivity index (χ4v) is 1.12. The van der Waals surface area contributed by atoms with E-state index in [1.54, 1.807) is 30.2 Å². The molecule has 0 fully saturated rings. The standard InChI is InChI=1S/C9H10N4O/c1-7(14)9-3-2-8(4-11-9)13-6-10-5-12-13/h2-7,14H,1H3/t7-/m1/s1. The summed E-state index contributed by atoms with van der Waals surface area (Å²) < 4.78 is 1.61. The topological polar surface area (TPSA) is 63.8 Å². The Kier molecular flexibility index (Phi) is 2.24. The monoisotopic (exact) mass is 190 g/mol. The van der Waals surface area contributed by atoms with Crippen molar-refractivity contribution in [1.82, 2.24) is 19.7 Å². The lowest BCUT2D eigenvalue weighted by Crippen LogP contribution is -1.99. The van der Waals surface area contributed by atoms with Crippen LogP contribution in [0.5, 0.6) is 0 Å². The summed E-state index contributed by atoms with van der Waals surface area (Å²) in [6, 6.07) is 3.60. The van der Waals surface area contributed by atoms with Gasteiger partial charge in [0.25, 0.3) is 0 Å². The Hall–Kier alpha value is -1.75. The molecule has 0 radical (unpaired) electrons. The number of rotatable bonds is 2. The Bertz CT molecular complexity index is 393. The largest absolute Gasteiger partial charge is 0.387 e. The maximum atomic E-state index is 9.25. The Balaban J connectivity index is 2.31. The number of nitrogens with zero attached hydrogens (tertiary/aromatic N) is 4. The van der Waals surface area contributed by atoms with Gasteiger partial charge < -0.3 is 5.11 Å². The number of aromatic nitrogens is 4. The van der Waals surface area contributed by atoms with Gasteiger partial charge in [0.15, 0.2) is 0 Å². The highest BCUT2D eigenvalue weighted by Crippen LogP contribution is 2.10. The number of hydrogen-bond donors (Lipinski definition) is 1. The SMILES string of the molecule is C[C@@H](O)c1ccc(-n2cncn2)cn1. The zero-order valence-corrected chi connectivity index (χ0v) is 7.70. The van der Waals surface area contributed by atoms with Crippen molar-refractivity contribution >= 4 is 0 Å². The van der Waals surface area contributed by atoms with Crippen LogP contribution in [0, 0.1) is 0 Å². The van der Waals surface area contributed by atoms with Crippen molar-refractivity contribution in [2.75, 3.05) is 0 Å². The Morgan fingerprint density at radius 1 is 1.43 bits per heavy atom. The van der Waals surface area contributed by atoms with Crippen molar-refractivity contribution in [2.45, 2.75) is 13.0 Å². The lowest BCUT2D eigenvalue weighted by molar-refractivity contribution is 0.194. The Labute approximate surface area is 81.1 Å². The highest BCUT2D eigenvalue weighted by Gasteiger charge is 2.02. The first-order valence-corrected chi connectivity index (χ1v) is 4.26. The number of aliphatic hydroxyl groups is 1. The zero-order valence-electron chi connectivity index (χ0n) is 7.70. The average molecular weight is 190 g/mol. The molecule has 2 aromatic rings. The fraction of sp³-hybridized carbons (Fsp3) is 0.222. The van der Waals surface area contributed by atoms with Crippen LogP contribution >= 0.6 is 0 Å². The molecule has 0 aliphatic heterocycles. The predicted octanol–water partition coefficient (Wildman–Crippen LogP) is 0.716. The van der Waals surface area contributed by atoms with Gasteiger partial charge in [-0.15, -0.1) is 0 Å². The van der Waals surface area contributed by atoms with E-state index >= 15 is 0 Å². The van der Waals surface area contributed by atoms with Crippen molar-refractivity contribution in [2.24, 2.45) is 0 Å². The third-order valence-electron chi connectivity index (χ3n) is 1.88. The van der Waals surface area contributed by atoms with Gasteiger partial charge in [-0.3, -0.25) is 4.98 Å². The lowest BCUT2D eigenvalue weighted by atomic mass is 10.2. The molecule has 5 heteroatoms. The second kappa shape index (κ2) is 3.55. The van der Waals surface area contributed by atoms with E-state index < -0.39 is 6.10 Å². The van der Waals surface area contributed by atoms with Crippen LogP contribution < -0.4 is 0 Å². The van der Waals surface area contributed by atoms with Gasteiger partial charge in [-0.1, -0.05) is 0 Å². The van der Waals surface area contributed by atoms with Crippen molar-refractivity contribution in [3.05, 3.63) is 36.7 Å². The van der Waals surface area contributed by atoms with Crippen molar-refractivity contribution in [1.29, 1.82) is 0 Å². The molecule has 0 unspecified atom stereocenters. The van der Waals surface area contributed by atoms with Gasteiger partial charge in [-0.05, 0) is 19.1 Å². The zero-order chi connectivity index (χ0) is 9.97. The number of hydrogen-bond acceptors (Lipinski definition) is 4. The van der Waals surface area contributed by atoms with Crippen molar-refractivity contribution < 1.29 is 5.11 Å². The summed E-state index contributed by atoms with van der Waals surface area (Å²) in [7, 11) is 0. The van der Waals surface area contributed by atoms with Crippen LogP contribution in [0.3, 0.4) is 0 Å². The minimum Gasteiger partial charge on any atom is -0.387 e. The molecular formula is C9H10N4O. The molecule has 72 valence electrons. The molecule has 14 heavy (non-hydrogen) atoms. The summed E-state index contributed by atoms with van der Waals surface area (Å²) in [5, 5.41) is 13.2. The molecule has 0 aromatic carbocycles. The van der Waals surface area contributed by atoms with Gasteiger partial charge in [-0.25, -0.2) is 9.67 Å². The highest BCUT2D eigenvalue weighted by molar-refractivity contribution is 5.28. The first kappa shape index (κ1) is 8.83. The quantitative estimate of drug-likeness (QED) is 0.757. The molecule has 0 aliphatic carbocycles. The molecule has 2 rings (SSSR count). The molecule has 2 aromatic heterocycles. The van der Waals surface area contributed by atoms with Crippen molar-refractivity contribution in [3.63, 3.8) is 0 Å². The Morgan fingerprint density at radius 2 is 2.29 bits per heavy atom. The summed E-state index contributed by atoms with van der Waals surface area (Å²) in [6.07, 6.45) is 4.16. The van der Waals surface area contributed by atoms with Gasteiger partial charge in [-0.2, -0.15) is 5.10 Å². The van der Waals surface area contributed by atoms with Crippen LogP contribution in [0.4, 0.5) is 0 Å². The molecule has 2 heterocycles. The summed E-state index contributed by atoms with van der Waals surface area (Å²) >= 11 is 0. The lowest BCUT2D eigenvalue weighted by Gasteiger charge is -2.04. The first-order valence-electron chi connectivity index (χ1n) is 4.26. The van der Waals surface area contributed by atoms with Crippen LogP contribution in [0.25, 0.3) is 5.69 Å². The molecular weight excluding hydrogens is 180 g/mol. The van der Waals surface area contributed by atoms with Crippen molar-refractivity contribution in [3.8, 4) is 5.69 Å². The van der Waals surface area contributed by atoms with Gasteiger partial charge >= 0.3 is 0 Å². The van der Waals surface area contributed by atoms with E-state index in [9.17, 15) is 5.11 Å². The second-order valence-electron chi connectivity index (χ2n) is 2.96. The summed E-state index contributed by atoms with van der Waals surface area (Å²) in [4.78, 5) is 7.93. The smallest absolute Gasteiger partial charge is 0.138 e.